The van der Waals surface area contributed by atoms with Gasteiger partial charge in [0, 0.05) is 33.8 Å². The maximum absolute atomic E-state index is 12.0. The maximum Gasteiger partial charge on any atom is 0.303 e. The van der Waals surface area contributed by atoms with Crippen molar-refractivity contribution in [2.24, 2.45) is 0 Å². The van der Waals surface area contributed by atoms with Crippen molar-refractivity contribution in [3.8, 4) is 17.2 Å². The lowest BCUT2D eigenvalue weighted by atomic mass is 9.97. The highest BCUT2D eigenvalue weighted by Crippen LogP contribution is 2.29. The van der Waals surface area contributed by atoms with E-state index in [4.69, 9.17) is 45.4 Å². The van der Waals surface area contributed by atoms with Crippen LogP contribution >= 0.6 is 12.2 Å². The van der Waals surface area contributed by atoms with Gasteiger partial charge in [0.25, 0.3) is 5.17 Å². The molecule has 1 fully saturated rings. The fourth-order valence-electron chi connectivity index (χ4n) is 3.82. The molecule has 1 heterocycles. The van der Waals surface area contributed by atoms with Gasteiger partial charge >= 0.3 is 23.9 Å². The molecule has 0 saturated carbocycles. The van der Waals surface area contributed by atoms with E-state index >= 15 is 0 Å². The number of hydrogen-bond donors (Lipinski definition) is 1. The fourth-order valence-corrected chi connectivity index (χ4v) is 4.04. The van der Waals surface area contributed by atoms with E-state index in [1.54, 1.807) is 36.4 Å². The molecule has 40 heavy (non-hydrogen) atoms. The van der Waals surface area contributed by atoms with Gasteiger partial charge in [-0.15, -0.1) is 0 Å². The lowest BCUT2D eigenvalue weighted by Gasteiger charge is -2.44. The Bertz CT molecular complexity index is 1220. The maximum atomic E-state index is 12.0. The van der Waals surface area contributed by atoms with Gasteiger partial charge in [0.1, 0.15) is 30.0 Å². The first kappa shape index (κ1) is 30.3. The largest absolute Gasteiger partial charge is 0.463 e. The summed E-state index contributed by atoms with van der Waals surface area (Å²) in [7, 11) is 0. The van der Waals surface area contributed by atoms with E-state index in [9.17, 15) is 19.2 Å². The van der Waals surface area contributed by atoms with Gasteiger partial charge in [-0.1, -0.05) is 24.3 Å². The molecule has 0 radical (unpaired) electrons. The van der Waals surface area contributed by atoms with Gasteiger partial charge in [0.05, 0.1) is 0 Å². The minimum Gasteiger partial charge on any atom is -0.463 e. The van der Waals surface area contributed by atoms with Crippen molar-refractivity contribution in [3.05, 3.63) is 54.6 Å². The van der Waals surface area contributed by atoms with Crippen LogP contribution in [0, 0.1) is 0 Å². The van der Waals surface area contributed by atoms with Gasteiger partial charge in [-0.05, 0) is 36.5 Å². The zero-order valence-corrected chi connectivity index (χ0v) is 23.0. The van der Waals surface area contributed by atoms with Crippen LogP contribution in [0.25, 0.3) is 0 Å². The number of carbonyl (C=O) groups is 4. The monoisotopic (exact) mass is 575 g/mol. The van der Waals surface area contributed by atoms with Crippen LogP contribution in [0.3, 0.4) is 0 Å². The standard InChI is InChI=1S/C27H29NO11S/c1-15(29)33-14-22-23(34-16(2)30)24(35-17(3)31)25(36-18(4)32)26(39-22)28-27(40)38-21-12-8-11-20(13-21)37-19-9-6-5-7-10-19/h5-13,22-26H,14H2,1-4H3,(H,28,40)/t22-,23+,24+,25+,26-/m1/s1. The summed E-state index contributed by atoms with van der Waals surface area (Å²) in [6, 6.07) is 15.8. The first-order valence-electron chi connectivity index (χ1n) is 12.1. The molecule has 3 rings (SSSR count). The van der Waals surface area contributed by atoms with E-state index < -0.39 is 54.5 Å². The number of thiocarbonyl (C=S) groups is 1. The molecule has 214 valence electrons. The van der Waals surface area contributed by atoms with Crippen LogP contribution in [0.15, 0.2) is 54.6 Å². The average molecular weight is 576 g/mol. The van der Waals surface area contributed by atoms with Crippen molar-refractivity contribution in [2.75, 3.05) is 6.61 Å². The van der Waals surface area contributed by atoms with Crippen molar-refractivity contribution in [3.63, 3.8) is 0 Å². The van der Waals surface area contributed by atoms with Gasteiger partial charge in [0.15, 0.2) is 24.5 Å². The first-order chi connectivity index (χ1) is 19.0. The number of benzene rings is 2. The lowest BCUT2D eigenvalue weighted by molar-refractivity contribution is -0.255. The molecule has 1 aliphatic heterocycles. The quantitative estimate of drug-likeness (QED) is 0.266. The van der Waals surface area contributed by atoms with Gasteiger partial charge in [-0.3, -0.25) is 19.2 Å². The number of esters is 4. The van der Waals surface area contributed by atoms with Gasteiger partial charge in [-0.2, -0.15) is 0 Å². The molecule has 1 saturated heterocycles. The Hall–Kier alpha value is -4.23. The summed E-state index contributed by atoms with van der Waals surface area (Å²) < 4.78 is 38.7. The average Bonchev–Trinajstić information content (AvgIpc) is 2.86. The number of rotatable bonds is 9. The molecule has 0 unspecified atom stereocenters. The zero-order valence-electron chi connectivity index (χ0n) is 22.2. The SMILES string of the molecule is CC(=O)OC[C@H]1O[C@@H](NC(=S)Oc2cccc(Oc3ccccc3)c2)[C@@H](OC(C)=O)[C@@H](OC(C)=O)[C@H]1OC(C)=O. The molecular formula is C27H29NO11S. The third kappa shape index (κ3) is 9.20. The molecule has 0 amide bonds. The van der Waals surface area contributed by atoms with E-state index in [-0.39, 0.29) is 11.8 Å². The van der Waals surface area contributed by atoms with E-state index in [1.807, 2.05) is 18.2 Å². The lowest BCUT2D eigenvalue weighted by Crippen LogP contribution is -2.66. The summed E-state index contributed by atoms with van der Waals surface area (Å²) in [6.07, 6.45) is -6.37. The first-order valence-corrected chi connectivity index (χ1v) is 12.5. The second kappa shape index (κ2) is 14.2. The summed E-state index contributed by atoms with van der Waals surface area (Å²) in [5, 5.41) is 2.59. The molecule has 2 aromatic rings. The van der Waals surface area contributed by atoms with Crippen LogP contribution in [-0.2, 0) is 42.9 Å². The van der Waals surface area contributed by atoms with E-state index in [2.05, 4.69) is 5.32 Å². The van der Waals surface area contributed by atoms with Gasteiger partial charge in [-0.25, -0.2) is 0 Å². The van der Waals surface area contributed by atoms with Crippen LogP contribution in [0.4, 0.5) is 0 Å². The Morgan fingerprint density at radius 2 is 1.32 bits per heavy atom. The molecule has 12 nitrogen and oxygen atoms in total. The topological polar surface area (TPSA) is 145 Å². The van der Waals surface area contributed by atoms with Gasteiger partial charge < -0.3 is 38.5 Å². The minimum absolute atomic E-state index is 0.197. The summed E-state index contributed by atoms with van der Waals surface area (Å²) in [5.41, 5.74) is 0. The molecule has 13 heteroatoms. The molecule has 0 spiro atoms. The van der Waals surface area contributed by atoms with Crippen molar-refractivity contribution in [1.29, 1.82) is 0 Å². The molecule has 2 aromatic carbocycles. The van der Waals surface area contributed by atoms with Gasteiger partial charge in [0.2, 0.25) is 0 Å². The Labute approximate surface area is 235 Å². The number of para-hydroxylation sites is 1. The number of nitrogens with one attached hydrogen (secondary N) is 1. The molecule has 1 N–H and O–H groups in total. The van der Waals surface area contributed by atoms with Crippen LogP contribution in [-0.4, -0.2) is 66.3 Å². The summed E-state index contributed by atoms with van der Waals surface area (Å²) >= 11 is 5.35. The molecule has 0 aliphatic carbocycles. The second-order valence-corrected chi connectivity index (χ2v) is 8.91. The second-order valence-electron chi connectivity index (χ2n) is 8.54. The summed E-state index contributed by atoms with van der Waals surface area (Å²) in [4.78, 5) is 47.3. The third-order valence-corrected chi connectivity index (χ3v) is 5.45. The van der Waals surface area contributed by atoms with Crippen molar-refractivity contribution >= 4 is 41.3 Å². The summed E-state index contributed by atoms with van der Waals surface area (Å²) in [6.45, 7) is 4.22. The molecule has 5 atom stereocenters. The van der Waals surface area contributed by atoms with E-state index in [0.717, 1.165) is 20.8 Å². The van der Waals surface area contributed by atoms with E-state index in [0.29, 0.717) is 17.2 Å². The molecule has 0 bridgehead atoms. The normalized spacial score (nSPS) is 21.8. The van der Waals surface area contributed by atoms with E-state index in [1.165, 1.54) is 6.92 Å². The number of hydrogen-bond acceptors (Lipinski definition) is 12. The Balaban J connectivity index is 1.83. The fraction of sp³-hybridized carbons (Fsp3) is 0.370. The minimum atomic E-state index is -1.34. The van der Waals surface area contributed by atoms with Crippen LogP contribution in [0.2, 0.25) is 0 Å². The third-order valence-electron chi connectivity index (χ3n) is 5.25. The predicted molar refractivity (Wildman–Crippen MR) is 141 cm³/mol. The smallest absolute Gasteiger partial charge is 0.303 e. The van der Waals surface area contributed by atoms with Crippen LogP contribution < -0.4 is 14.8 Å². The highest BCUT2D eigenvalue weighted by Gasteiger charge is 2.52. The van der Waals surface area contributed by atoms with Crippen molar-refractivity contribution in [1.82, 2.24) is 5.32 Å². The highest BCUT2D eigenvalue weighted by molar-refractivity contribution is 7.80. The van der Waals surface area contributed by atoms with Crippen LogP contribution in [0.1, 0.15) is 27.7 Å². The zero-order chi connectivity index (χ0) is 29.2. The molecular weight excluding hydrogens is 546 g/mol. The molecule has 0 aromatic heterocycles. The summed E-state index contributed by atoms with van der Waals surface area (Å²) in [5.74, 6) is -1.43. The number of carbonyl (C=O) groups excluding carboxylic acids is 4. The van der Waals surface area contributed by atoms with Crippen molar-refractivity contribution < 1.29 is 52.3 Å². The van der Waals surface area contributed by atoms with Crippen molar-refractivity contribution in [2.45, 2.75) is 58.3 Å². The predicted octanol–water partition coefficient (Wildman–Crippen LogP) is 2.82. The number of ether oxygens (including phenoxy) is 7. The molecule has 1 aliphatic rings. The van der Waals surface area contributed by atoms with Crippen LogP contribution in [0.5, 0.6) is 17.2 Å². The Kier molecular flexibility index (Phi) is 10.8. The Morgan fingerprint density at radius 3 is 1.95 bits per heavy atom. The Morgan fingerprint density at radius 1 is 0.750 bits per heavy atom. The highest BCUT2D eigenvalue weighted by atomic mass is 32.1.